The van der Waals surface area contributed by atoms with E-state index in [1.807, 2.05) is 0 Å². The predicted molar refractivity (Wildman–Crippen MR) is 74.5 cm³/mol. The van der Waals surface area contributed by atoms with Crippen LogP contribution in [0.15, 0.2) is 23.1 Å². The molecule has 2 unspecified atom stereocenters. The number of nitrogen functional groups attached to an aromatic ring is 1. The standard InChI is InChI=1S/C13H18ClNO2S/c1-9-3-2-4-11(7-9)18(16,17)13-8-10(14)5-6-12(13)15/h5-6,8-9,11H,2-4,7,15H2,1H3. The Bertz CT molecular complexity index is 542. The van der Waals surface area contributed by atoms with Crippen molar-refractivity contribution >= 4 is 27.1 Å². The third-order valence-corrected chi connectivity index (χ3v) is 6.12. The maximum absolute atomic E-state index is 12.6. The highest BCUT2D eigenvalue weighted by Gasteiger charge is 2.32. The fourth-order valence-corrected chi connectivity index (χ4v) is 4.94. The van der Waals surface area contributed by atoms with Gasteiger partial charge in [-0.05, 0) is 37.0 Å². The average molecular weight is 288 g/mol. The van der Waals surface area contributed by atoms with Crippen LogP contribution in [0, 0.1) is 5.92 Å². The van der Waals surface area contributed by atoms with Crippen molar-refractivity contribution in [3.8, 4) is 0 Å². The second-order valence-corrected chi connectivity index (χ2v) is 7.75. The molecule has 5 heteroatoms. The molecule has 0 bridgehead atoms. The van der Waals surface area contributed by atoms with Gasteiger partial charge < -0.3 is 5.73 Å². The quantitative estimate of drug-likeness (QED) is 0.849. The monoisotopic (exact) mass is 287 g/mol. The Labute approximate surface area is 113 Å². The van der Waals surface area contributed by atoms with Crippen LogP contribution in [0.4, 0.5) is 5.69 Å². The average Bonchev–Trinajstić information content (AvgIpc) is 2.32. The number of anilines is 1. The molecule has 1 saturated carbocycles. The van der Waals surface area contributed by atoms with Crippen LogP contribution in [-0.4, -0.2) is 13.7 Å². The molecule has 1 aliphatic carbocycles. The molecule has 3 nitrogen and oxygen atoms in total. The summed E-state index contributed by atoms with van der Waals surface area (Å²) in [5.74, 6) is 0.457. The Hall–Kier alpha value is -0.740. The first-order valence-corrected chi connectivity index (χ1v) is 8.12. The summed E-state index contributed by atoms with van der Waals surface area (Å²) in [4.78, 5) is 0.189. The van der Waals surface area contributed by atoms with Gasteiger partial charge in [-0.3, -0.25) is 0 Å². The lowest BCUT2D eigenvalue weighted by molar-refractivity contribution is 0.382. The lowest BCUT2D eigenvalue weighted by Crippen LogP contribution is -2.28. The Kier molecular flexibility index (Phi) is 3.87. The molecule has 0 aromatic heterocycles. The number of hydrogen-bond acceptors (Lipinski definition) is 3. The Morgan fingerprint density at radius 3 is 2.72 bits per heavy atom. The van der Waals surface area contributed by atoms with Crippen molar-refractivity contribution in [3.05, 3.63) is 23.2 Å². The van der Waals surface area contributed by atoms with Crippen LogP contribution in [0.3, 0.4) is 0 Å². The van der Waals surface area contributed by atoms with Crippen molar-refractivity contribution in [2.24, 2.45) is 5.92 Å². The summed E-state index contributed by atoms with van der Waals surface area (Å²) in [5.41, 5.74) is 6.07. The van der Waals surface area contributed by atoms with Crippen molar-refractivity contribution in [1.82, 2.24) is 0 Å². The molecule has 2 rings (SSSR count). The lowest BCUT2D eigenvalue weighted by Gasteiger charge is -2.27. The van der Waals surface area contributed by atoms with Crippen LogP contribution >= 0.6 is 11.6 Å². The highest BCUT2D eigenvalue weighted by atomic mass is 35.5. The molecule has 1 aromatic carbocycles. The molecule has 1 fully saturated rings. The first-order valence-electron chi connectivity index (χ1n) is 6.20. The van der Waals surface area contributed by atoms with E-state index in [0.717, 1.165) is 19.3 Å². The topological polar surface area (TPSA) is 60.2 Å². The molecule has 0 radical (unpaired) electrons. The molecular formula is C13H18ClNO2S. The zero-order valence-corrected chi connectivity index (χ0v) is 12.0. The zero-order chi connectivity index (χ0) is 13.3. The summed E-state index contributed by atoms with van der Waals surface area (Å²) in [7, 11) is -3.36. The lowest BCUT2D eigenvalue weighted by atomic mass is 9.91. The normalized spacial score (nSPS) is 25.0. The molecule has 1 aliphatic rings. The van der Waals surface area contributed by atoms with Gasteiger partial charge in [0.1, 0.15) is 0 Å². The molecular weight excluding hydrogens is 270 g/mol. The minimum absolute atomic E-state index is 0.189. The van der Waals surface area contributed by atoms with E-state index in [2.05, 4.69) is 6.92 Å². The van der Waals surface area contributed by atoms with Gasteiger partial charge in [0, 0.05) is 5.02 Å². The second kappa shape index (κ2) is 5.10. The fraction of sp³-hybridized carbons (Fsp3) is 0.538. The van der Waals surface area contributed by atoms with Gasteiger partial charge >= 0.3 is 0 Å². The Morgan fingerprint density at radius 2 is 2.06 bits per heavy atom. The van der Waals surface area contributed by atoms with Crippen molar-refractivity contribution in [2.45, 2.75) is 42.8 Å². The molecule has 1 aromatic rings. The number of hydrogen-bond donors (Lipinski definition) is 1. The van der Waals surface area contributed by atoms with Crippen molar-refractivity contribution in [2.75, 3.05) is 5.73 Å². The van der Waals surface area contributed by atoms with E-state index < -0.39 is 9.84 Å². The SMILES string of the molecule is CC1CCCC(S(=O)(=O)c2cc(Cl)ccc2N)C1. The van der Waals surface area contributed by atoms with Gasteiger partial charge in [-0.15, -0.1) is 0 Å². The summed E-state index contributed by atoms with van der Waals surface area (Å²) >= 11 is 5.87. The third-order valence-electron chi connectivity index (χ3n) is 3.61. The maximum atomic E-state index is 12.6. The largest absolute Gasteiger partial charge is 0.398 e. The highest BCUT2D eigenvalue weighted by Crippen LogP contribution is 2.34. The maximum Gasteiger partial charge on any atom is 0.183 e. The van der Waals surface area contributed by atoms with Crippen LogP contribution in [-0.2, 0) is 9.84 Å². The van der Waals surface area contributed by atoms with Gasteiger partial charge in [-0.25, -0.2) is 8.42 Å². The number of halogens is 1. The van der Waals surface area contributed by atoms with Crippen molar-refractivity contribution in [1.29, 1.82) is 0 Å². The van der Waals surface area contributed by atoms with Gasteiger partial charge in [0.25, 0.3) is 0 Å². The van der Waals surface area contributed by atoms with Crippen LogP contribution in [0.1, 0.15) is 32.6 Å². The minimum atomic E-state index is -3.36. The van der Waals surface area contributed by atoms with Crippen molar-refractivity contribution in [3.63, 3.8) is 0 Å². The smallest absolute Gasteiger partial charge is 0.183 e. The van der Waals surface area contributed by atoms with Crippen LogP contribution < -0.4 is 5.73 Å². The van der Waals surface area contributed by atoms with Crippen molar-refractivity contribution < 1.29 is 8.42 Å². The highest BCUT2D eigenvalue weighted by molar-refractivity contribution is 7.92. The minimum Gasteiger partial charge on any atom is -0.398 e. The summed E-state index contributed by atoms with van der Waals surface area (Å²) in [6, 6.07) is 4.63. The predicted octanol–water partition coefficient (Wildman–Crippen LogP) is 3.27. The first-order chi connectivity index (χ1) is 8.41. The molecule has 2 atom stereocenters. The molecule has 18 heavy (non-hydrogen) atoms. The Balaban J connectivity index is 2.38. The first kappa shape index (κ1) is 13.7. The van der Waals surface area contributed by atoms with E-state index in [1.54, 1.807) is 12.1 Å². The summed E-state index contributed by atoms with van der Waals surface area (Å²) in [5, 5.41) is 0.0913. The summed E-state index contributed by atoms with van der Waals surface area (Å²) < 4.78 is 25.1. The van der Waals surface area contributed by atoms with E-state index in [-0.39, 0.29) is 15.8 Å². The molecule has 0 saturated heterocycles. The molecule has 0 amide bonds. The Morgan fingerprint density at radius 1 is 1.33 bits per heavy atom. The molecule has 0 heterocycles. The van der Waals surface area contributed by atoms with E-state index in [4.69, 9.17) is 17.3 Å². The summed E-state index contributed by atoms with van der Waals surface area (Å²) in [6.45, 7) is 2.10. The van der Waals surface area contributed by atoms with E-state index in [1.165, 1.54) is 6.07 Å². The number of benzene rings is 1. The number of sulfone groups is 1. The number of rotatable bonds is 2. The van der Waals surface area contributed by atoms with Gasteiger partial charge in [0.05, 0.1) is 15.8 Å². The molecule has 0 aliphatic heterocycles. The molecule has 2 N–H and O–H groups in total. The second-order valence-electron chi connectivity index (χ2n) is 5.12. The van der Waals surface area contributed by atoms with Gasteiger partial charge in [-0.1, -0.05) is 31.4 Å². The number of nitrogens with two attached hydrogens (primary N) is 1. The van der Waals surface area contributed by atoms with E-state index in [0.29, 0.717) is 17.4 Å². The molecule has 100 valence electrons. The van der Waals surface area contributed by atoms with Crippen LogP contribution in [0.25, 0.3) is 0 Å². The third kappa shape index (κ3) is 2.64. The van der Waals surface area contributed by atoms with Crippen LogP contribution in [0.2, 0.25) is 5.02 Å². The zero-order valence-electron chi connectivity index (χ0n) is 10.4. The van der Waals surface area contributed by atoms with Gasteiger partial charge in [0.2, 0.25) is 0 Å². The van der Waals surface area contributed by atoms with Gasteiger partial charge in [0.15, 0.2) is 9.84 Å². The summed E-state index contributed by atoms with van der Waals surface area (Å²) in [6.07, 6.45) is 3.51. The fourth-order valence-electron chi connectivity index (χ4n) is 2.59. The molecule has 0 spiro atoms. The van der Waals surface area contributed by atoms with E-state index >= 15 is 0 Å². The van der Waals surface area contributed by atoms with E-state index in [9.17, 15) is 8.42 Å². The van der Waals surface area contributed by atoms with Gasteiger partial charge in [-0.2, -0.15) is 0 Å². The van der Waals surface area contributed by atoms with Crippen LogP contribution in [0.5, 0.6) is 0 Å².